The molecular weight excluding hydrogens is 337 g/mol. The van der Waals surface area contributed by atoms with Crippen molar-refractivity contribution < 1.29 is 8.81 Å². The predicted octanol–water partition coefficient (Wildman–Crippen LogP) is 4.57. The van der Waals surface area contributed by atoms with E-state index in [1.165, 1.54) is 17.0 Å². The van der Waals surface area contributed by atoms with E-state index < -0.39 is 0 Å². The highest BCUT2D eigenvalue weighted by Crippen LogP contribution is 2.26. The van der Waals surface area contributed by atoms with Gasteiger partial charge in [-0.05, 0) is 24.3 Å². The predicted molar refractivity (Wildman–Crippen MR) is 98.1 cm³/mol. The first-order valence-corrected chi connectivity index (χ1v) is 9.10. The van der Waals surface area contributed by atoms with Gasteiger partial charge >= 0.3 is 0 Å². The van der Waals surface area contributed by atoms with Gasteiger partial charge in [-0.2, -0.15) is 0 Å². The zero-order chi connectivity index (χ0) is 17.9. The Morgan fingerprint density at radius 3 is 2.64 bits per heavy atom. The van der Waals surface area contributed by atoms with E-state index in [-0.39, 0.29) is 11.2 Å². The largest absolute Gasteiger partial charge is 0.444 e. The second kappa shape index (κ2) is 7.45. The summed E-state index contributed by atoms with van der Waals surface area (Å²) in [5.74, 6) is 0.254. The van der Waals surface area contributed by atoms with E-state index in [2.05, 4.69) is 36.1 Å². The highest BCUT2D eigenvalue weighted by Gasteiger charge is 2.17. The Balaban J connectivity index is 1.48. The molecule has 0 fully saturated rings. The fraction of sp³-hybridized carbons (Fsp3) is 0.368. The summed E-state index contributed by atoms with van der Waals surface area (Å²) >= 11 is 1.75. The molecule has 0 amide bonds. The third-order valence-electron chi connectivity index (χ3n) is 3.70. The van der Waals surface area contributed by atoms with Crippen molar-refractivity contribution in [3.05, 3.63) is 58.1 Å². The number of rotatable bonds is 6. The van der Waals surface area contributed by atoms with Gasteiger partial charge < -0.3 is 9.73 Å². The number of halogens is 1. The van der Waals surface area contributed by atoms with Crippen LogP contribution in [0, 0.1) is 5.82 Å². The molecule has 3 aromatic rings. The monoisotopic (exact) mass is 359 g/mol. The molecule has 0 unspecified atom stereocenters. The number of aromatic nitrogens is 2. The fourth-order valence-corrected chi connectivity index (χ4v) is 3.25. The van der Waals surface area contributed by atoms with Crippen molar-refractivity contribution in [2.75, 3.05) is 6.54 Å². The van der Waals surface area contributed by atoms with Gasteiger partial charge in [0.1, 0.15) is 12.1 Å². The summed E-state index contributed by atoms with van der Waals surface area (Å²) in [7, 11) is 0. The minimum atomic E-state index is -0.266. The second-order valence-electron chi connectivity index (χ2n) is 6.96. The number of nitrogens with zero attached hydrogens (tertiary/aromatic N) is 2. The Bertz CT molecular complexity index is 818. The standard InChI is InChI=1S/C19H22FN3OS/c1-19(2,3)18-22-11-16(25-18)10-21-9-8-15-12-24-17(23-15)13-4-6-14(20)7-5-13/h4-7,11-12,21H,8-10H2,1-3H3. The van der Waals surface area contributed by atoms with E-state index in [4.69, 9.17) is 4.42 Å². The minimum absolute atomic E-state index is 0.0976. The summed E-state index contributed by atoms with van der Waals surface area (Å²) in [6.07, 6.45) is 4.38. The summed E-state index contributed by atoms with van der Waals surface area (Å²) in [6, 6.07) is 6.14. The van der Waals surface area contributed by atoms with Crippen LogP contribution in [0.2, 0.25) is 0 Å². The molecule has 0 aliphatic carbocycles. The van der Waals surface area contributed by atoms with Gasteiger partial charge in [-0.25, -0.2) is 14.4 Å². The van der Waals surface area contributed by atoms with E-state index in [9.17, 15) is 4.39 Å². The first-order valence-electron chi connectivity index (χ1n) is 8.28. The van der Waals surface area contributed by atoms with Gasteiger partial charge in [-0.3, -0.25) is 0 Å². The number of nitrogens with one attached hydrogen (secondary N) is 1. The number of hydrogen-bond donors (Lipinski definition) is 1. The molecule has 0 aliphatic heterocycles. The summed E-state index contributed by atoms with van der Waals surface area (Å²) in [5, 5.41) is 4.57. The highest BCUT2D eigenvalue weighted by molar-refractivity contribution is 7.11. The fourth-order valence-electron chi connectivity index (χ4n) is 2.31. The number of oxazole rings is 1. The third-order valence-corrected chi connectivity index (χ3v) is 5.12. The zero-order valence-electron chi connectivity index (χ0n) is 14.7. The summed E-state index contributed by atoms with van der Waals surface area (Å²) in [6.45, 7) is 8.12. The van der Waals surface area contributed by atoms with Crippen LogP contribution in [0.25, 0.3) is 11.5 Å². The van der Waals surface area contributed by atoms with Crippen molar-refractivity contribution >= 4 is 11.3 Å². The summed E-state index contributed by atoms with van der Waals surface area (Å²) in [4.78, 5) is 10.2. The summed E-state index contributed by atoms with van der Waals surface area (Å²) < 4.78 is 18.4. The second-order valence-corrected chi connectivity index (χ2v) is 8.07. The molecule has 25 heavy (non-hydrogen) atoms. The molecular formula is C19H22FN3OS. The zero-order valence-corrected chi connectivity index (χ0v) is 15.5. The van der Waals surface area contributed by atoms with E-state index in [1.807, 2.05) is 6.20 Å². The van der Waals surface area contributed by atoms with Gasteiger partial charge in [-0.1, -0.05) is 20.8 Å². The molecule has 6 heteroatoms. The molecule has 132 valence electrons. The quantitative estimate of drug-likeness (QED) is 0.655. The van der Waals surface area contributed by atoms with E-state index in [1.54, 1.807) is 29.7 Å². The lowest BCUT2D eigenvalue weighted by Gasteiger charge is -2.13. The van der Waals surface area contributed by atoms with Crippen molar-refractivity contribution in [3.8, 4) is 11.5 Å². The van der Waals surface area contributed by atoms with Gasteiger partial charge in [0.25, 0.3) is 0 Å². The van der Waals surface area contributed by atoms with Crippen molar-refractivity contribution in [1.82, 2.24) is 15.3 Å². The van der Waals surface area contributed by atoms with Crippen LogP contribution in [0.4, 0.5) is 4.39 Å². The lowest BCUT2D eigenvalue weighted by molar-refractivity contribution is 0.571. The topological polar surface area (TPSA) is 51.0 Å². The maximum atomic E-state index is 13.0. The van der Waals surface area contributed by atoms with Gasteiger partial charge in [0, 0.05) is 41.6 Å². The Labute approximate surface area is 151 Å². The number of thiazole rings is 1. The van der Waals surface area contributed by atoms with Gasteiger partial charge in [0.2, 0.25) is 5.89 Å². The maximum Gasteiger partial charge on any atom is 0.226 e. The molecule has 0 bridgehead atoms. The molecule has 2 aromatic heterocycles. The van der Waals surface area contributed by atoms with Crippen LogP contribution in [-0.4, -0.2) is 16.5 Å². The van der Waals surface area contributed by atoms with Crippen molar-refractivity contribution in [1.29, 1.82) is 0 Å². The van der Waals surface area contributed by atoms with Crippen molar-refractivity contribution in [2.24, 2.45) is 0 Å². The Morgan fingerprint density at radius 1 is 1.20 bits per heavy atom. The van der Waals surface area contributed by atoms with Crippen LogP contribution in [-0.2, 0) is 18.4 Å². The molecule has 0 radical (unpaired) electrons. The number of benzene rings is 1. The average molecular weight is 359 g/mol. The molecule has 0 saturated heterocycles. The van der Waals surface area contributed by atoms with Crippen LogP contribution in [0.3, 0.4) is 0 Å². The third kappa shape index (κ3) is 4.74. The van der Waals surface area contributed by atoms with Crippen LogP contribution in [0.15, 0.2) is 41.1 Å². The lowest BCUT2D eigenvalue weighted by atomic mass is 9.98. The van der Waals surface area contributed by atoms with E-state index >= 15 is 0 Å². The molecule has 0 saturated carbocycles. The Hall–Kier alpha value is -2.05. The van der Waals surface area contributed by atoms with Crippen molar-refractivity contribution in [3.63, 3.8) is 0 Å². The average Bonchev–Trinajstić information content (AvgIpc) is 3.21. The molecule has 0 spiro atoms. The van der Waals surface area contributed by atoms with Crippen LogP contribution < -0.4 is 5.32 Å². The molecule has 3 rings (SSSR count). The van der Waals surface area contributed by atoms with Crippen molar-refractivity contribution in [2.45, 2.75) is 39.2 Å². The normalized spacial score (nSPS) is 11.8. The smallest absolute Gasteiger partial charge is 0.226 e. The molecule has 2 heterocycles. The Kier molecular flexibility index (Phi) is 5.30. The van der Waals surface area contributed by atoms with Crippen LogP contribution in [0.5, 0.6) is 0 Å². The minimum Gasteiger partial charge on any atom is -0.444 e. The van der Waals surface area contributed by atoms with Crippen LogP contribution in [0.1, 0.15) is 36.3 Å². The number of hydrogen-bond acceptors (Lipinski definition) is 5. The first-order chi connectivity index (χ1) is 11.9. The molecule has 1 N–H and O–H groups in total. The Morgan fingerprint density at radius 2 is 1.96 bits per heavy atom. The van der Waals surface area contributed by atoms with Gasteiger partial charge in [0.05, 0.1) is 10.7 Å². The SMILES string of the molecule is CC(C)(C)c1ncc(CNCCc2coc(-c3ccc(F)cc3)n2)s1. The maximum absolute atomic E-state index is 13.0. The van der Waals surface area contributed by atoms with E-state index in [0.717, 1.165) is 35.8 Å². The van der Waals surface area contributed by atoms with Crippen LogP contribution >= 0.6 is 11.3 Å². The summed E-state index contributed by atoms with van der Waals surface area (Å²) in [5.41, 5.74) is 1.76. The molecule has 1 aromatic carbocycles. The van der Waals surface area contributed by atoms with E-state index in [0.29, 0.717) is 5.89 Å². The molecule has 0 aliphatic rings. The lowest BCUT2D eigenvalue weighted by Crippen LogP contribution is -2.16. The molecule has 4 nitrogen and oxygen atoms in total. The van der Waals surface area contributed by atoms with Gasteiger partial charge in [0.15, 0.2) is 0 Å². The first kappa shape index (κ1) is 17.8. The molecule has 0 atom stereocenters. The highest BCUT2D eigenvalue weighted by atomic mass is 32.1. The van der Waals surface area contributed by atoms with Gasteiger partial charge in [-0.15, -0.1) is 11.3 Å².